The van der Waals surface area contributed by atoms with Gasteiger partial charge in [0.25, 0.3) is 5.91 Å². The maximum absolute atomic E-state index is 11.7. The van der Waals surface area contributed by atoms with Gasteiger partial charge in [-0.1, -0.05) is 19.8 Å². The molecule has 2 aliphatic rings. The van der Waals surface area contributed by atoms with Crippen molar-refractivity contribution in [1.82, 2.24) is 10.6 Å². The van der Waals surface area contributed by atoms with Crippen molar-refractivity contribution in [1.29, 1.82) is 0 Å². The molecule has 0 radical (unpaired) electrons. The van der Waals surface area contributed by atoms with Crippen LogP contribution in [0.25, 0.3) is 0 Å². The lowest BCUT2D eigenvalue weighted by atomic mass is 9.84. The van der Waals surface area contributed by atoms with Crippen molar-refractivity contribution < 1.29 is 9.59 Å². The molecule has 1 heterocycles. The minimum Gasteiger partial charge on any atom is -0.323 e. The molecule has 0 aromatic heterocycles. The van der Waals surface area contributed by atoms with E-state index in [0.29, 0.717) is 5.92 Å². The second-order valence-corrected chi connectivity index (χ2v) is 4.26. The molecule has 4 heteroatoms. The van der Waals surface area contributed by atoms with E-state index in [4.69, 9.17) is 0 Å². The van der Waals surface area contributed by atoms with Crippen molar-refractivity contribution in [2.24, 2.45) is 5.92 Å². The van der Waals surface area contributed by atoms with Gasteiger partial charge in [0.15, 0.2) is 0 Å². The molecule has 0 aromatic rings. The Morgan fingerprint density at radius 3 is 2.86 bits per heavy atom. The summed E-state index contributed by atoms with van der Waals surface area (Å²) in [4.78, 5) is 22.8. The highest BCUT2D eigenvalue weighted by molar-refractivity contribution is 6.07. The molecule has 1 saturated heterocycles. The summed E-state index contributed by atoms with van der Waals surface area (Å²) in [6.07, 6.45) is 4.98. The monoisotopic (exact) mass is 196 g/mol. The zero-order valence-corrected chi connectivity index (χ0v) is 8.43. The molecule has 0 bridgehead atoms. The number of amides is 3. The van der Waals surface area contributed by atoms with Gasteiger partial charge in [-0.15, -0.1) is 0 Å². The fraction of sp³-hybridized carbons (Fsp3) is 0.800. The lowest BCUT2D eigenvalue weighted by molar-refractivity contribution is -0.125. The standard InChI is InChI=1S/C10H16N2O2/c1-2-4-7-5-3-6-10(7)8(13)11-9(14)12-10/h7H,2-6H2,1H3,(H2,11,12,13,14). The fourth-order valence-corrected chi connectivity index (χ4v) is 2.79. The van der Waals surface area contributed by atoms with Crippen LogP contribution in [0.1, 0.15) is 39.0 Å². The maximum atomic E-state index is 11.7. The lowest BCUT2D eigenvalue weighted by Crippen LogP contribution is -2.49. The topological polar surface area (TPSA) is 58.2 Å². The van der Waals surface area contributed by atoms with Crippen LogP contribution in [0.5, 0.6) is 0 Å². The molecule has 3 amide bonds. The van der Waals surface area contributed by atoms with Crippen LogP contribution in [-0.2, 0) is 4.79 Å². The number of hydrogen-bond donors (Lipinski definition) is 2. The lowest BCUT2D eigenvalue weighted by Gasteiger charge is -2.27. The van der Waals surface area contributed by atoms with Crippen molar-refractivity contribution in [3.63, 3.8) is 0 Å². The van der Waals surface area contributed by atoms with Gasteiger partial charge >= 0.3 is 6.03 Å². The predicted molar refractivity (Wildman–Crippen MR) is 51.7 cm³/mol. The molecule has 2 rings (SSSR count). The van der Waals surface area contributed by atoms with Gasteiger partial charge in [-0.05, 0) is 25.2 Å². The Labute approximate surface area is 83.4 Å². The van der Waals surface area contributed by atoms with E-state index >= 15 is 0 Å². The van der Waals surface area contributed by atoms with Crippen LogP contribution in [0.3, 0.4) is 0 Å². The van der Waals surface area contributed by atoms with E-state index in [1.807, 2.05) is 0 Å². The zero-order chi connectivity index (χ0) is 10.2. The highest BCUT2D eigenvalue weighted by atomic mass is 16.2. The zero-order valence-electron chi connectivity index (χ0n) is 8.43. The third-order valence-electron chi connectivity index (χ3n) is 3.43. The van der Waals surface area contributed by atoms with E-state index < -0.39 is 5.54 Å². The summed E-state index contributed by atoms with van der Waals surface area (Å²) in [5.41, 5.74) is -0.562. The van der Waals surface area contributed by atoms with E-state index in [2.05, 4.69) is 17.6 Å². The maximum Gasteiger partial charge on any atom is 0.322 e. The van der Waals surface area contributed by atoms with Crippen molar-refractivity contribution in [3.8, 4) is 0 Å². The van der Waals surface area contributed by atoms with Gasteiger partial charge in [-0.25, -0.2) is 4.79 Å². The van der Waals surface area contributed by atoms with Crippen LogP contribution < -0.4 is 10.6 Å². The van der Waals surface area contributed by atoms with Crippen LogP contribution in [0, 0.1) is 5.92 Å². The summed E-state index contributed by atoms with van der Waals surface area (Å²) in [7, 11) is 0. The first-order valence-corrected chi connectivity index (χ1v) is 5.32. The molecule has 1 saturated carbocycles. The van der Waals surface area contributed by atoms with Crippen LogP contribution in [-0.4, -0.2) is 17.5 Å². The smallest absolute Gasteiger partial charge is 0.322 e. The second kappa shape index (κ2) is 3.26. The molecule has 14 heavy (non-hydrogen) atoms. The molecule has 1 aliphatic carbocycles. The van der Waals surface area contributed by atoms with Crippen molar-refractivity contribution >= 4 is 11.9 Å². The summed E-state index contributed by atoms with van der Waals surface area (Å²) in [5, 5.41) is 5.16. The third kappa shape index (κ3) is 1.21. The fourth-order valence-electron chi connectivity index (χ4n) is 2.79. The largest absolute Gasteiger partial charge is 0.323 e. The van der Waals surface area contributed by atoms with Crippen LogP contribution in [0.15, 0.2) is 0 Å². The van der Waals surface area contributed by atoms with Gasteiger partial charge in [0.05, 0.1) is 0 Å². The Morgan fingerprint density at radius 2 is 2.29 bits per heavy atom. The van der Waals surface area contributed by atoms with Gasteiger partial charge < -0.3 is 5.32 Å². The summed E-state index contributed by atoms with van der Waals surface area (Å²) in [6, 6.07) is -0.321. The molecule has 1 aliphatic heterocycles. The average Bonchev–Trinajstić information content (AvgIpc) is 2.61. The molecule has 4 nitrogen and oxygen atoms in total. The molecule has 78 valence electrons. The highest BCUT2D eigenvalue weighted by Crippen LogP contribution is 2.40. The minimum absolute atomic E-state index is 0.113. The Balaban J connectivity index is 2.21. The van der Waals surface area contributed by atoms with Gasteiger partial charge in [0.1, 0.15) is 5.54 Å². The molecular weight excluding hydrogens is 180 g/mol. The van der Waals surface area contributed by atoms with Gasteiger partial charge in [-0.3, -0.25) is 10.1 Å². The van der Waals surface area contributed by atoms with Gasteiger partial charge in [0, 0.05) is 0 Å². The molecule has 2 atom stereocenters. The van der Waals surface area contributed by atoms with Crippen LogP contribution in [0.4, 0.5) is 4.79 Å². The number of nitrogens with one attached hydrogen (secondary N) is 2. The number of carbonyl (C=O) groups is 2. The van der Waals surface area contributed by atoms with Crippen LogP contribution >= 0.6 is 0 Å². The summed E-state index contributed by atoms with van der Waals surface area (Å²) in [5.74, 6) is 0.220. The molecule has 2 unspecified atom stereocenters. The Kier molecular flexibility index (Phi) is 2.21. The highest BCUT2D eigenvalue weighted by Gasteiger charge is 2.53. The number of hydrogen-bond acceptors (Lipinski definition) is 2. The molecule has 1 spiro atoms. The van der Waals surface area contributed by atoms with E-state index in [-0.39, 0.29) is 11.9 Å². The molecule has 2 fully saturated rings. The van der Waals surface area contributed by atoms with E-state index in [0.717, 1.165) is 32.1 Å². The van der Waals surface area contributed by atoms with Crippen molar-refractivity contribution in [2.45, 2.75) is 44.6 Å². The van der Waals surface area contributed by atoms with Crippen molar-refractivity contribution in [3.05, 3.63) is 0 Å². The quantitative estimate of drug-likeness (QED) is 0.651. The first kappa shape index (κ1) is 9.49. The van der Waals surface area contributed by atoms with E-state index in [1.54, 1.807) is 0 Å². The Bertz CT molecular complexity index is 277. The first-order chi connectivity index (χ1) is 6.69. The number of carbonyl (C=O) groups excluding carboxylic acids is 2. The van der Waals surface area contributed by atoms with E-state index in [9.17, 15) is 9.59 Å². The summed E-state index contributed by atoms with van der Waals surface area (Å²) < 4.78 is 0. The second-order valence-electron chi connectivity index (χ2n) is 4.26. The minimum atomic E-state index is -0.562. The number of urea groups is 1. The molecule has 2 N–H and O–H groups in total. The summed E-state index contributed by atoms with van der Waals surface area (Å²) in [6.45, 7) is 2.11. The van der Waals surface area contributed by atoms with Crippen molar-refractivity contribution in [2.75, 3.05) is 0 Å². The predicted octanol–water partition coefficient (Wildman–Crippen LogP) is 1.16. The van der Waals surface area contributed by atoms with Gasteiger partial charge in [0.2, 0.25) is 0 Å². The normalized spacial score (nSPS) is 36.2. The van der Waals surface area contributed by atoms with Gasteiger partial charge in [-0.2, -0.15) is 0 Å². The molecule has 0 aromatic carbocycles. The average molecular weight is 196 g/mol. The Hall–Kier alpha value is -1.06. The number of imide groups is 1. The third-order valence-corrected chi connectivity index (χ3v) is 3.43. The van der Waals surface area contributed by atoms with Crippen LogP contribution in [0.2, 0.25) is 0 Å². The SMILES string of the molecule is CCCC1CCCC12NC(=O)NC2=O. The molecular formula is C10H16N2O2. The Morgan fingerprint density at radius 1 is 1.50 bits per heavy atom. The first-order valence-electron chi connectivity index (χ1n) is 5.32. The van der Waals surface area contributed by atoms with E-state index in [1.165, 1.54) is 0 Å². The summed E-state index contributed by atoms with van der Waals surface area (Å²) >= 11 is 0. The number of rotatable bonds is 2.